The average Bonchev–Trinajstić information content (AvgIpc) is 3.16. The highest BCUT2D eigenvalue weighted by atomic mass is 32.2. The normalized spacial score (nSPS) is 13.8. The predicted octanol–water partition coefficient (Wildman–Crippen LogP) is 3.32. The van der Waals surface area contributed by atoms with Crippen molar-refractivity contribution in [2.45, 2.75) is 32.6 Å². The van der Waals surface area contributed by atoms with Gasteiger partial charge < -0.3 is 15.0 Å². The molecule has 0 aliphatic carbocycles. The smallest absolute Gasteiger partial charge is 0.232 e. The minimum atomic E-state index is -3.54. The predicted molar refractivity (Wildman–Crippen MR) is 126 cm³/mol. The Hall–Kier alpha value is -3.07. The van der Waals surface area contributed by atoms with Crippen LogP contribution < -0.4 is 19.3 Å². The molecule has 1 aliphatic rings. The highest BCUT2D eigenvalue weighted by Gasteiger charge is 2.23. The molecule has 0 saturated carbocycles. The summed E-state index contributed by atoms with van der Waals surface area (Å²) in [6.45, 7) is 2.78. The molecular weight excluding hydrogens is 430 g/mol. The van der Waals surface area contributed by atoms with Crippen molar-refractivity contribution in [3.63, 3.8) is 0 Å². The molecular formula is C23H29N3O5S. The van der Waals surface area contributed by atoms with Crippen LogP contribution in [0.2, 0.25) is 0 Å². The number of hydrogen-bond acceptors (Lipinski definition) is 5. The summed E-state index contributed by atoms with van der Waals surface area (Å²) in [5.41, 5.74) is 2.87. The van der Waals surface area contributed by atoms with Crippen LogP contribution in [-0.2, 0) is 19.6 Å². The summed E-state index contributed by atoms with van der Waals surface area (Å²) in [4.78, 5) is 26.2. The topological polar surface area (TPSA) is 96.0 Å². The van der Waals surface area contributed by atoms with Crippen molar-refractivity contribution in [2.75, 3.05) is 41.0 Å². The number of ether oxygens (including phenoxy) is 1. The molecule has 0 aromatic heterocycles. The number of amides is 2. The summed E-state index contributed by atoms with van der Waals surface area (Å²) in [6, 6.07) is 12.4. The largest absolute Gasteiger partial charge is 0.495 e. The summed E-state index contributed by atoms with van der Waals surface area (Å²) in [7, 11) is -2.06. The first-order valence-corrected chi connectivity index (χ1v) is 12.4. The van der Waals surface area contributed by atoms with Gasteiger partial charge in [-0.3, -0.25) is 13.9 Å². The van der Waals surface area contributed by atoms with Crippen LogP contribution in [0.25, 0.3) is 0 Å². The highest BCUT2D eigenvalue weighted by molar-refractivity contribution is 7.92. The number of rotatable bonds is 9. The van der Waals surface area contributed by atoms with Crippen molar-refractivity contribution in [3.05, 3.63) is 48.0 Å². The van der Waals surface area contributed by atoms with Gasteiger partial charge in [-0.2, -0.15) is 0 Å². The molecule has 1 fully saturated rings. The Balaban J connectivity index is 1.60. The van der Waals surface area contributed by atoms with Crippen molar-refractivity contribution < 1.29 is 22.7 Å². The molecule has 0 spiro atoms. The molecule has 2 aromatic carbocycles. The fourth-order valence-electron chi connectivity index (χ4n) is 3.85. The van der Waals surface area contributed by atoms with E-state index in [1.807, 2.05) is 19.1 Å². The molecule has 1 N–H and O–H groups in total. The van der Waals surface area contributed by atoms with E-state index < -0.39 is 10.0 Å². The van der Waals surface area contributed by atoms with Gasteiger partial charge in [0.2, 0.25) is 21.8 Å². The maximum absolute atomic E-state index is 12.4. The number of nitrogens with zero attached hydrogens (tertiary/aromatic N) is 2. The zero-order valence-corrected chi connectivity index (χ0v) is 19.4. The van der Waals surface area contributed by atoms with Crippen molar-refractivity contribution in [2.24, 2.45) is 0 Å². The van der Waals surface area contributed by atoms with Gasteiger partial charge in [0.1, 0.15) is 5.75 Å². The van der Waals surface area contributed by atoms with E-state index in [2.05, 4.69) is 5.32 Å². The molecule has 0 unspecified atom stereocenters. The van der Waals surface area contributed by atoms with Gasteiger partial charge >= 0.3 is 0 Å². The lowest BCUT2D eigenvalue weighted by Crippen LogP contribution is -2.31. The molecule has 2 amide bonds. The van der Waals surface area contributed by atoms with Crippen LogP contribution in [-0.4, -0.2) is 46.7 Å². The third-order valence-corrected chi connectivity index (χ3v) is 6.54. The van der Waals surface area contributed by atoms with E-state index in [1.54, 1.807) is 35.2 Å². The summed E-state index contributed by atoms with van der Waals surface area (Å²) >= 11 is 0. The molecule has 0 bridgehead atoms. The average molecular weight is 460 g/mol. The van der Waals surface area contributed by atoms with Gasteiger partial charge in [-0.1, -0.05) is 12.1 Å². The van der Waals surface area contributed by atoms with Crippen LogP contribution in [0, 0.1) is 6.92 Å². The van der Waals surface area contributed by atoms with E-state index in [1.165, 1.54) is 11.4 Å². The van der Waals surface area contributed by atoms with Crippen molar-refractivity contribution in [1.82, 2.24) is 0 Å². The molecule has 32 heavy (non-hydrogen) atoms. The van der Waals surface area contributed by atoms with E-state index >= 15 is 0 Å². The van der Waals surface area contributed by atoms with Crippen LogP contribution in [0.5, 0.6) is 5.75 Å². The monoisotopic (exact) mass is 459 g/mol. The zero-order valence-electron chi connectivity index (χ0n) is 18.6. The molecule has 1 saturated heterocycles. The van der Waals surface area contributed by atoms with Crippen LogP contribution in [0.4, 0.5) is 17.1 Å². The van der Waals surface area contributed by atoms with Gasteiger partial charge in [0.15, 0.2) is 0 Å². The number of methoxy groups -OCH3 is 1. The Kier molecular flexibility index (Phi) is 7.40. The third-order valence-electron chi connectivity index (χ3n) is 5.36. The second-order valence-corrected chi connectivity index (χ2v) is 9.72. The number of para-hydroxylation sites is 2. The third kappa shape index (κ3) is 5.59. The van der Waals surface area contributed by atoms with Gasteiger partial charge in [-0.05, 0) is 55.7 Å². The summed E-state index contributed by atoms with van der Waals surface area (Å²) in [5, 5.41) is 2.85. The second-order valence-electron chi connectivity index (χ2n) is 7.81. The van der Waals surface area contributed by atoms with Crippen molar-refractivity contribution in [1.29, 1.82) is 0 Å². The number of carbonyl (C=O) groups excluding carboxylic acids is 2. The second kappa shape index (κ2) is 10.0. The van der Waals surface area contributed by atoms with Crippen molar-refractivity contribution in [3.8, 4) is 5.75 Å². The van der Waals surface area contributed by atoms with E-state index in [0.29, 0.717) is 36.5 Å². The van der Waals surface area contributed by atoms with Crippen LogP contribution in [0.1, 0.15) is 31.2 Å². The molecule has 2 aromatic rings. The van der Waals surface area contributed by atoms with Crippen LogP contribution >= 0.6 is 0 Å². The number of carbonyl (C=O) groups is 2. The lowest BCUT2D eigenvalue weighted by atomic mass is 10.1. The van der Waals surface area contributed by atoms with Crippen LogP contribution in [0.3, 0.4) is 0 Å². The minimum absolute atomic E-state index is 0.121. The van der Waals surface area contributed by atoms with Crippen LogP contribution in [0.15, 0.2) is 42.5 Å². The maximum atomic E-state index is 12.4. The zero-order chi connectivity index (χ0) is 23.3. The Bertz CT molecular complexity index is 1100. The summed E-state index contributed by atoms with van der Waals surface area (Å²) in [5.74, 6) is 0.368. The first-order valence-electron chi connectivity index (χ1n) is 10.5. The molecule has 1 heterocycles. The van der Waals surface area contributed by atoms with E-state index in [-0.39, 0.29) is 24.8 Å². The Morgan fingerprint density at radius 1 is 1.22 bits per heavy atom. The number of nitrogens with one attached hydrogen (secondary N) is 1. The summed E-state index contributed by atoms with van der Waals surface area (Å²) in [6.07, 6.45) is 3.06. The standard InChI is InChI=1S/C23H29N3O5S/c1-17-16-18(12-13-19(17)25-14-7-11-23(25)28)24-22(27)10-6-15-26(32(3,29)30)20-8-4-5-9-21(20)31-2/h4-5,8-9,12-13,16H,6-7,10-11,14-15H2,1-3H3,(H,24,27). The Morgan fingerprint density at radius 2 is 1.97 bits per heavy atom. The lowest BCUT2D eigenvalue weighted by molar-refractivity contribution is -0.117. The molecule has 9 heteroatoms. The quantitative estimate of drug-likeness (QED) is 0.621. The molecule has 172 valence electrons. The highest BCUT2D eigenvalue weighted by Crippen LogP contribution is 2.30. The van der Waals surface area contributed by atoms with E-state index in [9.17, 15) is 18.0 Å². The first-order chi connectivity index (χ1) is 15.2. The molecule has 3 rings (SSSR count). The summed E-state index contributed by atoms with van der Waals surface area (Å²) < 4.78 is 31.2. The molecule has 1 aliphatic heterocycles. The fraction of sp³-hybridized carbons (Fsp3) is 0.391. The SMILES string of the molecule is COc1ccccc1N(CCCC(=O)Nc1ccc(N2CCCC2=O)c(C)c1)S(C)(=O)=O. The Labute approximate surface area is 189 Å². The molecule has 8 nitrogen and oxygen atoms in total. The molecule has 0 radical (unpaired) electrons. The maximum Gasteiger partial charge on any atom is 0.232 e. The van der Waals surface area contributed by atoms with E-state index in [0.717, 1.165) is 23.9 Å². The van der Waals surface area contributed by atoms with Gasteiger partial charge in [-0.25, -0.2) is 8.42 Å². The van der Waals surface area contributed by atoms with Gasteiger partial charge in [0.05, 0.1) is 19.1 Å². The number of aryl methyl sites for hydroxylation is 1. The van der Waals surface area contributed by atoms with Crippen molar-refractivity contribution >= 4 is 38.9 Å². The number of hydrogen-bond donors (Lipinski definition) is 1. The van der Waals surface area contributed by atoms with Gasteiger partial charge in [0.25, 0.3) is 0 Å². The number of benzene rings is 2. The van der Waals surface area contributed by atoms with E-state index in [4.69, 9.17) is 4.74 Å². The number of anilines is 3. The fourth-order valence-corrected chi connectivity index (χ4v) is 4.82. The molecule has 0 atom stereocenters. The van der Waals surface area contributed by atoms with Gasteiger partial charge in [0, 0.05) is 37.3 Å². The lowest BCUT2D eigenvalue weighted by Gasteiger charge is -2.24. The Morgan fingerprint density at radius 3 is 2.59 bits per heavy atom. The van der Waals surface area contributed by atoms with Gasteiger partial charge in [-0.15, -0.1) is 0 Å². The number of sulfonamides is 1. The minimum Gasteiger partial charge on any atom is -0.495 e. The first kappa shape index (κ1) is 23.6.